The van der Waals surface area contributed by atoms with Gasteiger partial charge in [0.2, 0.25) is 11.8 Å². The van der Waals surface area contributed by atoms with E-state index in [1.165, 1.54) is 4.90 Å². The number of amides is 2. The minimum atomic E-state index is -0.475. The molecule has 1 aromatic carbocycles. The van der Waals surface area contributed by atoms with E-state index in [0.29, 0.717) is 10.7 Å². The molecule has 1 N–H and O–H groups in total. The molecule has 1 aliphatic rings. The highest BCUT2D eigenvalue weighted by Gasteiger charge is 2.36. The van der Waals surface area contributed by atoms with Crippen LogP contribution in [0.3, 0.4) is 0 Å². The second-order valence-electron chi connectivity index (χ2n) is 4.95. The van der Waals surface area contributed by atoms with E-state index in [1.54, 1.807) is 12.1 Å². The summed E-state index contributed by atoms with van der Waals surface area (Å²) in [4.78, 5) is 25.9. The molecule has 0 bridgehead atoms. The minimum absolute atomic E-state index is 0.0199. The van der Waals surface area contributed by atoms with Crippen molar-refractivity contribution in [3.8, 4) is 0 Å². The minimum Gasteiger partial charge on any atom is -0.342 e. The first-order valence-electron chi connectivity index (χ1n) is 6.49. The SMILES string of the molecule is CCC(C)C1NC(=O)CN(c2ccc(I)cc2Cl)C1=O. The van der Waals surface area contributed by atoms with Crippen LogP contribution >= 0.6 is 34.2 Å². The summed E-state index contributed by atoms with van der Waals surface area (Å²) >= 11 is 8.36. The van der Waals surface area contributed by atoms with Crippen molar-refractivity contribution in [1.29, 1.82) is 0 Å². The van der Waals surface area contributed by atoms with Gasteiger partial charge in [0.1, 0.15) is 12.6 Å². The smallest absolute Gasteiger partial charge is 0.250 e. The molecule has 1 heterocycles. The molecular weight excluding hydrogens is 391 g/mol. The summed E-state index contributed by atoms with van der Waals surface area (Å²) in [6.07, 6.45) is 0.824. The molecule has 1 aliphatic heterocycles. The quantitative estimate of drug-likeness (QED) is 0.785. The normalized spacial score (nSPS) is 20.8. The van der Waals surface area contributed by atoms with Gasteiger partial charge in [-0.3, -0.25) is 14.5 Å². The van der Waals surface area contributed by atoms with Crippen LogP contribution in [0.4, 0.5) is 5.69 Å². The van der Waals surface area contributed by atoms with E-state index in [9.17, 15) is 9.59 Å². The van der Waals surface area contributed by atoms with E-state index in [4.69, 9.17) is 11.6 Å². The molecule has 108 valence electrons. The maximum absolute atomic E-state index is 12.6. The summed E-state index contributed by atoms with van der Waals surface area (Å²) in [5.74, 6) is -0.150. The Morgan fingerprint density at radius 2 is 2.20 bits per heavy atom. The van der Waals surface area contributed by atoms with E-state index < -0.39 is 6.04 Å². The van der Waals surface area contributed by atoms with Crippen molar-refractivity contribution >= 4 is 51.7 Å². The maximum Gasteiger partial charge on any atom is 0.250 e. The highest BCUT2D eigenvalue weighted by atomic mass is 127. The first-order valence-corrected chi connectivity index (χ1v) is 7.95. The van der Waals surface area contributed by atoms with Gasteiger partial charge < -0.3 is 5.32 Å². The van der Waals surface area contributed by atoms with Crippen LogP contribution in [0.5, 0.6) is 0 Å². The maximum atomic E-state index is 12.6. The predicted molar refractivity (Wildman–Crippen MR) is 87.9 cm³/mol. The Balaban J connectivity index is 2.35. The largest absolute Gasteiger partial charge is 0.342 e. The van der Waals surface area contributed by atoms with E-state index in [-0.39, 0.29) is 24.3 Å². The van der Waals surface area contributed by atoms with Gasteiger partial charge in [-0.1, -0.05) is 31.9 Å². The molecule has 0 saturated carbocycles. The van der Waals surface area contributed by atoms with Crippen molar-refractivity contribution in [3.63, 3.8) is 0 Å². The highest BCUT2D eigenvalue weighted by molar-refractivity contribution is 14.1. The lowest BCUT2D eigenvalue weighted by Crippen LogP contribution is -2.60. The molecule has 2 amide bonds. The van der Waals surface area contributed by atoms with Gasteiger partial charge >= 0.3 is 0 Å². The number of carbonyl (C=O) groups is 2. The average Bonchev–Trinajstić information content (AvgIpc) is 2.40. The summed E-state index contributed by atoms with van der Waals surface area (Å²) < 4.78 is 0.990. The third-order valence-corrected chi connectivity index (χ3v) is 4.54. The van der Waals surface area contributed by atoms with Crippen LogP contribution in [-0.4, -0.2) is 24.4 Å². The number of nitrogens with zero attached hydrogens (tertiary/aromatic N) is 1. The molecule has 1 saturated heterocycles. The summed E-state index contributed by atoms with van der Waals surface area (Å²) in [6, 6.07) is 4.97. The van der Waals surface area contributed by atoms with E-state index in [0.717, 1.165) is 9.99 Å². The average molecular weight is 407 g/mol. The number of anilines is 1. The predicted octanol–water partition coefficient (Wildman–Crippen LogP) is 2.82. The Bertz CT molecular complexity index is 550. The van der Waals surface area contributed by atoms with Crippen molar-refractivity contribution in [2.24, 2.45) is 5.92 Å². The molecule has 6 heteroatoms. The zero-order valence-electron chi connectivity index (χ0n) is 11.3. The second-order valence-corrected chi connectivity index (χ2v) is 6.60. The standard InChI is InChI=1S/C14H16ClIN2O2/c1-3-8(2)13-14(20)18(7-12(19)17-13)11-5-4-9(16)6-10(11)15/h4-6,8,13H,3,7H2,1-2H3,(H,17,19). The van der Waals surface area contributed by atoms with Crippen LogP contribution in [0.1, 0.15) is 20.3 Å². The fraction of sp³-hybridized carbons (Fsp3) is 0.429. The van der Waals surface area contributed by atoms with Crippen molar-refractivity contribution in [1.82, 2.24) is 5.32 Å². The molecule has 2 atom stereocenters. The zero-order chi connectivity index (χ0) is 14.9. The topological polar surface area (TPSA) is 49.4 Å². The van der Waals surface area contributed by atoms with Gasteiger partial charge in [-0.25, -0.2) is 0 Å². The number of halogens is 2. The number of nitrogens with one attached hydrogen (secondary N) is 1. The summed E-state index contributed by atoms with van der Waals surface area (Å²) in [5, 5.41) is 3.26. The Kier molecular flexibility index (Phi) is 4.90. The Morgan fingerprint density at radius 1 is 1.50 bits per heavy atom. The molecule has 1 aromatic rings. The molecule has 4 nitrogen and oxygen atoms in total. The molecule has 0 aromatic heterocycles. The molecule has 20 heavy (non-hydrogen) atoms. The Labute approximate surface area is 137 Å². The molecule has 0 spiro atoms. The molecule has 1 fully saturated rings. The fourth-order valence-corrected chi connectivity index (χ4v) is 3.15. The Hall–Kier alpha value is -0.820. The van der Waals surface area contributed by atoms with Gasteiger partial charge in [0.15, 0.2) is 0 Å². The van der Waals surface area contributed by atoms with Crippen LogP contribution in [0.25, 0.3) is 0 Å². The lowest BCUT2D eigenvalue weighted by molar-refractivity contribution is -0.132. The third-order valence-electron chi connectivity index (χ3n) is 3.56. The monoisotopic (exact) mass is 406 g/mol. The van der Waals surface area contributed by atoms with Crippen LogP contribution in [0, 0.1) is 9.49 Å². The fourth-order valence-electron chi connectivity index (χ4n) is 2.20. The van der Waals surface area contributed by atoms with Crippen LogP contribution in [0.2, 0.25) is 5.02 Å². The van der Waals surface area contributed by atoms with Gasteiger partial charge in [-0.15, -0.1) is 0 Å². The Morgan fingerprint density at radius 3 is 2.80 bits per heavy atom. The lowest BCUT2D eigenvalue weighted by Gasteiger charge is -2.35. The van der Waals surface area contributed by atoms with E-state index in [2.05, 4.69) is 27.9 Å². The van der Waals surface area contributed by atoms with Crippen molar-refractivity contribution in [2.75, 3.05) is 11.4 Å². The number of hydrogen-bond acceptors (Lipinski definition) is 2. The first-order chi connectivity index (χ1) is 9.43. The summed E-state index contributed by atoms with van der Waals surface area (Å²) in [5.41, 5.74) is 0.597. The highest BCUT2D eigenvalue weighted by Crippen LogP contribution is 2.29. The molecule has 0 aliphatic carbocycles. The van der Waals surface area contributed by atoms with Crippen LogP contribution < -0.4 is 10.2 Å². The number of rotatable bonds is 3. The van der Waals surface area contributed by atoms with Crippen molar-refractivity contribution in [2.45, 2.75) is 26.3 Å². The molecule has 2 unspecified atom stereocenters. The number of piperazine rings is 1. The van der Waals surface area contributed by atoms with Crippen LogP contribution in [-0.2, 0) is 9.59 Å². The number of carbonyl (C=O) groups excluding carboxylic acids is 2. The van der Waals surface area contributed by atoms with E-state index >= 15 is 0 Å². The van der Waals surface area contributed by atoms with Crippen molar-refractivity contribution in [3.05, 3.63) is 26.8 Å². The lowest BCUT2D eigenvalue weighted by atomic mass is 9.96. The number of hydrogen-bond donors (Lipinski definition) is 1. The van der Waals surface area contributed by atoms with Crippen molar-refractivity contribution < 1.29 is 9.59 Å². The first kappa shape index (κ1) is 15.6. The number of benzene rings is 1. The van der Waals surface area contributed by atoms with Gasteiger partial charge in [-0.05, 0) is 46.7 Å². The molecular formula is C14H16ClIN2O2. The van der Waals surface area contributed by atoms with Crippen LogP contribution in [0.15, 0.2) is 18.2 Å². The molecule has 2 rings (SSSR count). The third kappa shape index (κ3) is 3.09. The van der Waals surface area contributed by atoms with Gasteiger partial charge in [0, 0.05) is 3.57 Å². The van der Waals surface area contributed by atoms with Gasteiger partial charge in [0.05, 0.1) is 10.7 Å². The summed E-state index contributed by atoms with van der Waals surface area (Å²) in [7, 11) is 0. The second kappa shape index (κ2) is 6.30. The zero-order valence-corrected chi connectivity index (χ0v) is 14.2. The summed E-state index contributed by atoms with van der Waals surface area (Å²) in [6.45, 7) is 3.98. The van der Waals surface area contributed by atoms with Gasteiger partial charge in [0.25, 0.3) is 0 Å². The van der Waals surface area contributed by atoms with Gasteiger partial charge in [-0.2, -0.15) is 0 Å². The molecule has 0 radical (unpaired) electrons. The van der Waals surface area contributed by atoms with E-state index in [1.807, 2.05) is 19.9 Å².